The third-order valence-electron chi connectivity index (χ3n) is 4.27. The standard InChI is InChI=1S/C20H38N2O2/c1-6-7-8-9-10-11-12-13-14-15-16-18(20(24)22(4)5)17-19(23)21(2)3/h14-15,18H,6-13,16-17H2,1-5H3. The molecule has 0 spiro atoms. The first kappa shape index (κ1) is 22.7. The molecule has 24 heavy (non-hydrogen) atoms. The first-order chi connectivity index (χ1) is 11.4. The Kier molecular flexibility index (Phi) is 13.3. The maximum atomic E-state index is 12.2. The number of carbonyl (C=O) groups excluding carboxylic acids is 2. The second-order valence-corrected chi connectivity index (χ2v) is 7.04. The topological polar surface area (TPSA) is 40.6 Å². The Labute approximate surface area is 149 Å². The van der Waals surface area contributed by atoms with Gasteiger partial charge in [-0.15, -0.1) is 0 Å². The maximum Gasteiger partial charge on any atom is 0.225 e. The lowest BCUT2D eigenvalue weighted by molar-refractivity contribution is -0.138. The van der Waals surface area contributed by atoms with E-state index in [2.05, 4.69) is 19.1 Å². The summed E-state index contributed by atoms with van der Waals surface area (Å²) >= 11 is 0. The zero-order valence-electron chi connectivity index (χ0n) is 16.5. The summed E-state index contributed by atoms with van der Waals surface area (Å²) in [4.78, 5) is 27.2. The van der Waals surface area contributed by atoms with Crippen molar-refractivity contribution >= 4 is 11.8 Å². The van der Waals surface area contributed by atoms with E-state index in [1.165, 1.54) is 44.9 Å². The van der Waals surface area contributed by atoms with Crippen molar-refractivity contribution in [2.24, 2.45) is 5.92 Å². The maximum absolute atomic E-state index is 12.2. The first-order valence-electron chi connectivity index (χ1n) is 9.46. The van der Waals surface area contributed by atoms with E-state index >= 15 is 0 Å². The minimum atomic E-state index is -0.250. The fraction of sp³-hybridized carbons (Fsp3) is 0.800. The van der Waals surface area contributed by atoms with Gasteiger partial charge in [-0.3, -0.25) is 9.59 Å². The molecule has 0 aromatic carbocycles. The Morgan fingerprint density at radius 1 is 0.833 bits per heavy atom. The van der Waals surface area contributed by atoms with Gasteiger partial charge in [-0.25, -0.2) is 0 Å². The van der Waals surface area contributed by atoms with Crippen LogP contribution in [0.5, 0.6) is 0 Å². The smallest absolute Gasteiger partial charge is 0.225 e. The van der Waals surface area contributed by atoms with Gasteiger partial charge in [0.15, 0.2) is 0 Å². The average molecular weight is 339 g/mol. The molecule has 0 fully saturated rings. The van der Waals surface area contributed by atoms with Crippen molar-refractivity contribution < 1.29 is 9.59 Å². The third kappa shape index (κ3) is 11.3. The van der Waals surface area contributed by atoms with E-state index in [9.17, 15) is 9.59 Å². The van der Waals surface area contributed by atoms with Crippen molar-refractivity contribution in [3.63, 3.8) is 0 Å². The van der Waals surface area contributed by atoms with Crippen LogP contribution in [0.3, 0.4) is 0 Å². The van der Waals surface area contributed by atoms with Crippen LogP contribution in [0.1, 0.15) is 71.1 Å². The number of unbranched alkanes of at least 4 members (excludes halogenated alkanes) is 7. The number of carbonyl (C=O) groups is 2. The predicted molar refractivity (Wildman–Crippen MR) is 102 cm³/mol. The van der Waals surface area contributed by atoms with Gasteiger partial charge in [0.2, 0.25) is 11.8 Å². The van der Waals surface area contributed by atoms with E-state index < -0.39 is 0 Å². The molecule has 0 bridgehead atoms. The number of rotatable bonds is 13. The molecule has 0 heterocycles. The molecule has 0 aliphatic heterocycles. The fourth-order valence-corrected chi connectivity index (χ4v) is 2.63. The van der Waals surface area contributed by atoms with Crippen LogP contribution in [0.25, 0.3) is 0 Å². The summed E-state index contributed by atoms with van der Waals surface area (Å²) in [5.74, 6) is -0.207. The zero-order valence-corrected chi connectivity index (χ0v) is 16.5. The van der Waals surface area contributed by atoms with Crippen LogP contribution in [0.15, 0.2) is 12.2 Å². The normalized spacial score (nSPS) is 12.4. The van der Waals surface area contributed by atoms with Gasteiger partial charge in [-0.2, -0.15) is 0 Å². The SMILES string of the molecule is CCCCCCCCCC=CCC(CC(=O)N(C)C)C(=O)N(C)C. The molecule has 0 rings (SSSR count). The minimum absolute atomic E-state index is 0.00989. The molecule has 0 aromatic heterocycles. The lowest BCUT2D eigenvalue weighted by Crippen LogP contribution is -2.33. The summed E-state index contributed by atoms with van der Waals surface area (Å²) in [6, 6.07) is 0. The average Bonchev–Trinajstić information content (AvgIpc) is 2.54. The minimum Gasteiger partial charge on any atom is -0.349 e. The van der Waals surface area contributed by atoms with Crippen molar-refractivity contribution in [3.8, 4) is 0 Å². The predicted octanol–water partition coefficient (Wildman–Crippen LogP) is 4.26. The van der Waals surface area contributed by atoms with Gasteiger partial charge in [0.05, 0.1) is 5.92 Å². The van der Waals surface area contributed by atoms with Crippen molar-refractivity contribution in [1.29, 1.82) is 0 Å². The number of nitrogens with zero attached hydrogens (tertiary/aromatic N) is 2. The second kappa shape index (κ2) is 14.1. The lowest BCUT2D eigenvalue weighted by atomic mass is 9.98. The zero-order chi connectivity index (χ0) is 18.4. The van der Waals surface area contributed by atoms with Crippen LogP contribution in [0.2, 0.25) is 0 Å². The second-order valence-electron chi connectivity index (χ2n) is 7.04. The molecular weight excluding hydrogens is 300 g/mol. The van der Waals surface area contributed by atoms with Crippen LogP contribution in [0.4, 0.5) is 0 Å². The molecule has 0 radical (unpaired) electrons. The molecule has 4 heteroatoms. The Hall–Kier alpha value is -1.32. The molecule has 0 aliphatic rings. The number of amides is 2. The van der Waals surface area contributed by atoms with Gasteiger partial charge >= 0.3 is 0 Å². The van der Waals surface area contributed by atoms with Crippen LogP contribution >= 0.6 is 0 Å². The number of hydrogen-bond donors (Lipinski definition) is 0. The molecule has 0 saturated heterocycles. The third-order valence-corrected chi connectivity index (χ3v) is 4.27. The van der Waals surface area contributed by atoms with E-state index in [-0.39, 0.29) is 24.2 Å². The Balaban J connectivity index is 4.08. The van der Waals surface area contributed by atoms with Crippen LogP contribution in [0, 0.1) is 5.92 Å². The summed E-state index contributed by atoms with van der Waals surface area (Å²) in [7, 11) is 6.96. The molecule has 1 unspecified atom stereocenters. The largest absolute Gasteiger partial charge is 0.349 e. The monoisotopic (exact) mass is 338 g/mol. The van der Waals surface area contributed by atoms with Crippen molar-refractivity contribution in [1.82, 2.24) is 9.80 Å². The van der Waals surface area contributed by atoms with E-state index in [0.29, 0.717) is 6.42 Å². The first-order valence-corrected chi connectivity index (χ1v) is 9.46. The molecule has 2 amide bonds. The highest BCUT2D eigenvalue weighted by Crippen LogP contribution is 2.15. The van der Waals surface area contributed by atoms with Crippen LogP contribution < -0.4 is 0 Å². The Morgan fingerprint density at radius 2 is 1.42 bits per heavy atom. The molecule has 0 aliphatic carbocycles. The van der Waals surface area contributed by atoms with E-state index in [1.54, 1.807) is 38.0 Å². The highest BCUT2D eigenvalue weighted by Gasteiger charge is 2.22. The molecule has 0 saturated carbocycles. The fourth-order valence-electron chi connectivity index (χ4n) is 2.63. The molecule has 0 N–H and O–H groups in total. The van der Waals surface area contributed by atoms with Gasteiger partial charge in [-0.1, -0.05) is 57.6 Å². The van der Waals surface area contributed by atoms with Crippen LogP contribution in [-0.2, 0) is 9.59 Å². The highest BCUT2D eigenvalue weighted by molar-refractivity contribution is 5.85. The van der Waals surface area contributed by atoms with E-state index in [4.69, 9.17) is 0 Å². The molecule has 140 valence electrons. The summed E-state index contributed by atoms with van der Waals surface area (Å²) < 4.78 is 0. The Bertz CT molecular complexity index is 376. The van der Waals surface area contributed by atoms with E-state index in [1.807, 2.05) is 0 Å². The molecule has 4 nitrogen and oxygen atoms in total. The molecular formula is C20H38N2O2. The summed E-state index contributed by atoms with van der Waals surface area (Å²) in [6.07, 6.45) is 15.4. The van der Waals surface area contributed by atoms with Crippen molar-refractivity contribution in [2.45, 2.75) is 71.1 Å². The van der Waals surface area contributed by atoms with Gasteiger partial charge in [-0.05, 0) is 19.3 Å². The number of allylic oxidation sites excluding steroid dienone is 2. The lowest BCUT2D eigenvalue weighted by Gasteiger charge is -2.20. The van der Waals surface area contributed by atoms with Crippen molar-refractivity contribution in [3.05, 3.63) is 12.2 Å². The molecule has 0 aromatic rings. The van der Waals surface area contributed by atoms with Crippen molar-refractivity contribution in [2.75, 3.05) is 28.2 Å². The summed E-state index contributed by atoms with van der Waals surface area (Å²) in [5, 5.41) is 0. The van der Waals surface area contributed by atoms with Gasteiger partial charge in [0, 0.05) is 34.6 Å². The number of hydrogen-bond acceptors (Lipinski definition) is 2. The van der Waals surface area contributed by atoms with Gasteiger partial charge < -0.3 is 9.80 Å². The molecule has 1 atom stereocenters. The van der Waals surface area contributed by atoms with E-state index in [0.717, 1.165) is 6.42 Å². The Morgan fingerprint density at radius 3 is 1.96 bits per heavy atom. The van der Waals surface area contributed by atoms with Gasteiger partial charge in [0.1, 0.15) is 0 Å². The van der Waals surface area contributed by atoms with Crippen LogP contribution in [-0.4, -0.2) is 49.8 Å². The summed E-state index contributed by atoms with van der Waals surface area (Å²) in [5.41, 5.74) is 0. The van der Waals surface area contributed by atoms with Gasteiger partial charge in [0.25, 0.3) is 0 Å². The highest BCUT2D eigenvalue weighted by atomic mass is 16.2. The summed E-state index contributed by atoms with van der Waals surface area (Å²) in [6.45, 7) is 2.24. The quantitative estimate of drug-likeness (QED) is 0.372.